The number of ether oxygens (including phenoxy) is 2. The van der Waals surface area contributed by atoms with Crippen LogP contribution < -0.4 is 14.8 Å². The van der Waals surface area contributed by atoms with E-state index in [9.17, 15) is 9.59 Å². The fraction of sp³-hybridized carbons (Fsp3) is 0.286. The summed E-state index contributed by atoms with van der Waals surface area (Å²) in [5, 5.41) is 2.97. The maximum absolute atomic E-state index is 13.5. The van der Waals surface area contributed by atoms with Gasteiger partial charge in [-0.05, 0) is 29.7 Å². The molecule has 2 amide bonds. The van der Waals surface area contributed by atoms with Crippen LogP contribution in [0, 0.1) is 0 Å². The fourth-order valence-corrected chi connectivity index (χ4v) is 3.66. The lowest BCUT2D eigenvalue weighted by atomic mass is 10.0. The van der Waals surface area contributed by atoms with Crippen LogP contribution in [0.1, 0.15) is 24.5 Å². The van der Waals surface area contributed by atoms with Gasteiger partial charge in [-0.2, -0.15) is 0 Å². The number of para-hydroxylation sites is 2. The molecule has 0 saturated heterocycles. The van der Waals surface area contributed by atoms with E-state index in [-0.39, 0.29) is 18.4 Å². The van der Waals surface area contributed by atoms with Crippen molar-refractivity contribution >= 4 is 11.8 Å². The van der Waals surface area contributed by atoms with Crippen molar-refractivity contribution in [3.63, 3.8) is 0 Å². The van der Waals surface area contributed by atoms with Crippen LogP contribution in [0.25, 0.3) is 0 Å². The summed E-state index contributed by atoms with van der Waals surface area (Å²) in [5.74, 6) is 0.578. The van der Waals surface area contributed by atoms with Crippen molar-refractivity contribution in [2.45, 2.75) is 32.4 Å². The van der Waals surface area contributed by atoms with Crippen molar-refractivity contribution in [3.8, 4) is 11.5 Å². The van der Waals surface area contributed by atoms with Gasteiger partial charge in [0.25, 0.3) is 5.91 Å². The number of benzene rings is 3. The Kier molecular flexibility index (Phi) is 9.52. The second kappa shape index (κ2) is 13.0. The summed E-state index contributed by atoms with van der Waals surface area (Å²) < 4.78 is 11.2. The summed E-state index contributed by atoms with van der Waals surface area (Å²) in [6, 6.07) is 25.9. The quantitative estimate of drug-likeness (QED) is 0.439. The molecule has 0 bridgehead atoms. The molecular weight excluding hydrogens is 428 g/mol. The average molecular weight is 461 g/mol. The maximum atomic E-state index is 13.5. The van der Waals surface area contributed by atoms with Gasteiger partial charge in [0.2, 0.25) is 5.91 Å². The molecule has 1 unspecified atom stereocenters. The molecule has 0 spiro atoms. The lowest BCUT2D eigenvalue weighted by molar-refractivity contribution is -0.142. The molecule has 0 aliphatic carbocycles. The van der Waals surface area contributed by atoms with Crippen LogP contribution in [-0.2, 0) is 22.6 Å². The molecule has 0 heterocycles. The Morgan fingerprint density at radius 3 is 2.06 bits per heavy atom. The molecule has 1 N–H and O–H groups in total. The second-order valence-electron chi connectivity index (χ2n) is 7.94. The van der Waals surface area contributed by atoms with Crippen molar-refractivity contribution < 1.29 is 19.1 Å². The number of hydrogen-bond acceptors (Lipinski definition) is 4. The predicted octanol–water partition coefficient (Wildman–Crippen LogP) is 4.24. The summed E-state index contributed by atoms with van der Waals surface area (Å²) in [6.07, 6.45) is 1.22. The van der Waals surface area contributed by atoms with E-state index >= 15 is 0 Å². The zero-order chi connectivity index (χ0) is 24.2. The van der Waals surface area contributed by atoms with Gasteiger partial charge in [0.1, 0.15) is 6.04 Å². The number of rotatable bonds is 12. The van der Waals surface area contributed by atoms with Gasteiger partial charge >= 0.3 is 0 Å². The lowest BCUT2D eigenvalue weighted by Crippen LogP contribution is -2.51. The van der Waals surface area contributed by atoms with E-state index in [0.717, 1.165) is 17.5 Å². The summed E-state index contributed by atoms with van der Waals surface area (Å²) in [4.78, 5) is 28.4. The molecular formula is C28H32N2O4. The smallest absolute Gasteiger partial charge is 0.261 e. The second-order valence-corrected chi connectivity index (χ2v) is 7.94. The van der Waals surface area contributed by atoms with Crippen molar-refractivity contribution in [2.24, 2.45) is 0 Å². The Morgan fingerprint density at radius 2 is 1.44 bits per heavy atom. The standard InChI is InChI=1S/C28H32N2O4/c1-3-18-29-28(32)24(19-22-12-6-4-7-13-22)30(20-23-14-8-5-9-15-23)27(31)21-34-26-17-11-10-16-25(26)33-2/h4-17,24H,3,18-21H2,1-2H3,(H,29,32). The third-order valence-corrected chi connectivity index (χ3v) is 5.44. The van der Waals surface area contributed by atoms with Crippen LogP contribution >= 0.6 is 0 Å². The van der Waals surface area contributed by atoms with Crippen LogP contribution in [0.15, 0.2) is 84.9 Å². The first-order valence-corrected chi connectivity index (χ1v) is 11.5. The van der Waals surface area contributed by atoms with Gasteiger partial charge in [-0.1, -0.05) is 79.7 Å². The molecule has 6 heteroatoms. The molecule has 0 aliphatic heterocycles. The zero-order valence-electron chi connectivity index (χ0n) is 19.8. The molecule has 6 nitrogen and oxygen atoms in total. The fourth-order valence-electron chi connectivity index (χ4n) is 3.66. The molecule has 3 aromatic rings. The third kappa shape index (κ3) is 7.10. The molecule has 0 saturated carbocycles. The van der Waals surface area contributed by atoms with Crippen LogP contribution in [0.2, 0.25) is 0 Å². The minimum absolute atomic E-state index is 0.174. The van der Waals surface area contributed by atoms with Gasteiger partial charge in [-0.15, -0.1) is 0 Å². The highest BCUT2D eigenvalue weighted by atomic mass is 16.5. The number of amides is 2. The lowest BCUT2D eigenvalue weighted by Gasteiger charge is -2.31. The van der Waals surface area contributed by atoms with E-state index in [4.69, 9.17) is 9.47 Å². The van der Waals surface area contributed by atoms with E-state index in [1.807, 2.05) is 79.7 Å². The number of hydrogen-bond donors (Lipinski definition) is 1. The molecule has 178 valence electrons. The Balaban J connectivity index is 1.88. The Morgan fingerprint density at radius 1 is 0.853 bits per heavy atom. The van der Waals surface area contributed by atoms with E-state index < -0.39 is 6.04 Å². The van der Waals surface area contributed by atoms with Gasteiger partial charge < -0.3 is 19.7 Å². The molecule has 34 heavy (non-hydrogen) atoms. The van der Waals surface area contributed by atoms with Crippen LogP contribution in [0.4, 0.5) is 0 Å². The topological polar surface area (TPSA) is 67.9 Å². The molecule has 0 aromatic heterocycles. The maximum Gasteiger partial charge on any atom is 0.261 e. The van der Waals surface area contributed by atoms with E-state index in [2.05, 4.69) is 5.32 Å². The van der Waals surface area contributed by atoms with E-state index in [0.29, 0.717) is 31.0 Å². The van der Waals surface area contributed by atoms with Gasteiger partial charge in [0, 0.05) is 19.5 Å². The van der Waals surface area contributed by atoms with Gasteiger partial charge in [0.05, 0.1) is 7.11 Å². The Hall–Kier alpha value is -3.80. The largest absolute Gasteiger partial charge is 0.493 e. The monoisotopic (exact) mass is 460 g/mol. The van der Waals surface area contributed by atoms with Crippen LogP contribution in [0.5, 0.6) is 11.5 Å². The molecule has 3 rings (SSSR count). The first kappa shape index (κ1) is 24.8. The Bertz CT molecular complexity index is 1040. The first-order chi connectivity index (χ1) is 16.6. The minimum atomic E-state index is -0.678. The van der Waals surface area contributed by atoms with E-state index in [1.165, 1.54) is 0 Å². The highest BCUT2D eigenvalue weighted by Crippen LogP contribution is 2.26. The number of nitrogens with zero attached hydrogens (tertiary/aromatic N) is 1. The predicted molar refractivity (Wildman–Crippen MR) is 133 cm³/mol. The average Bonchev–Trinajstić information content (AvgIpc) is 2.89. The normalized spacial score (nSPS) is 11.4. The molecule has 3 aromatic carbocycles. The number of carbonyl (C=O) groups excluding carboxylic acids is 2. The number of nitrogens with one attached hydrogen (secondary N) is 1. The molecule has 0 fully saturated rings. The number of carbonyl (C=O) groups is 2. The van der Waals surface area contributed by atoms with Crippen molar-refractivity contribution in [1.29, 1.82) is 0 Å². The SMILES string of the molecule is CCCNC(=O)C(Cc1ccccc1)N(Cc1ccccc1)C(=O)COc1ccccc1OC. The third-order valence-electron chi connectivity index (χ3n) is 5.44. The zero-order valence-corrected chi connectivity index (χ0v) is 19.8. The van der Waals surface area contributed by atoms with Gasteiger partial charge in [-0.25, -0.2) is 0 Å². The summed E-state index contributed by atoms with van der Waals surface area (Å²) in [6.45, 7) is 2.64. The molecule has 0 radical (unpaired) electrons. The van der Waals surface area contributed by atoms with Crippen molar-refractivity contribution in [3.05, 3.63) is 96.1 Å². The van der Waals surface area contributed by atoms with E-state index in [1.54, 1.807) is 24.1 Å². The van der Waals surface area contributed by atoms with Gasteiger partial charge in [0.15, 0.2) is 18.1 Å². The summed E-state index contributed by atoms with van der Waals surface area (Å²) in [5.41, 5.74) is 1.92. The molecule has 0 aliphatic rings. The summed E-state index contributed by atoms with van der Waals surface area (Å²) in [7, 11) is 1.56. The minimum Gasteiger partial charge on any atom is -0.493 e. The highest BCUT2D eigenvalue weighted by Gasteiger charge is 2.30. The Labute approximate surface area is 201 Å². The number of methoxy groups -OCH3 is 1. The highest BCUT2D eigenvalue weighted by molar-refractivity contribution is 5.88. The van der Waals surface area contributed by atoms with Crippen LogP contribution in [0.3, 0.4) is 0 Å². The first-order valence-electron chi connectivity index (χ1n) is 11.5. The summed E-state index contributed by atoms with van der Waals surface area (Å²) >= 11 is 0. The van der Waals surface area contributed by atoms with Crippen molar-refractivity contribution in [1.82, 2.24) is 10.2 Å². The molecule has 1 atom stereocenters. The van der Waals surface area contributed by atoms with Crippen LogP contribution in [-0.4, -0.2) is 43.0 Å². The van der Waals surface area contributed by atoms with Gasteiger partial charge in [-0.3, -0.25) is 9.59 Å². The van der Waals surface area contributed by atoms with Crippen molar-refractivity contribution in [2.75, 3.05) is 20.3 Å².